The molecule has 1 amide bonds. The van der Waals surface area contributed by atoms with Gasteiger partial charge in [0.1, 0.15) is 0 Å². The Morgan fingerprint density at radius 2 is 1.62 bits per heavy atom. The van der Waals surface area contributed by atoms with Crippen molar-refractivity contribution in [2.24, 2.45) is 0 Å². The zero-order chi connectivity index (χ0) is 22.1. The first-order valence-corrected chi connectivity index (χ1v) is 13.0. The Balaban J connectivity index is 1.35. The summed E-state index contributed by atoms with van der Waals surface area (Å²) in [5.74, 6) is -0.313. The van der Waals surface area contributed by atoms with E-state index in [1.54, 1.807) is 16.4 Å². The molecule has 0 unspecified atom stereocenters. The maximum atomic E-state index is 12.9. The minimum Gasteiger partial charge on any atom is -0.298 e. The standard InChI is InChI=1S/C24H23N3O3S2/c28-23(26-24-25-21-14-11-17-7-3-4-8-20(17)22(21)31-24)18-9-12-19(13-10-18)32(29,30)27-15-5-1-2-6-16-27/h3-4,7-14H,1-2,5-6,15-16H2,(H,25,26,28). The maximum absolute atomic E-state index is 12.9. The smallest absolute Gasteiger partial charge is 0.257 e. The number of nitrogens with one attached hydrogen (secondary N) is 1. The van der Waals surface area contributed by atoms with Crippen LogP contribution in [0.4, 0.5) is 5.13 Å². The van der Waals surface area contributed by atoms with Crippen molar-refractivity contribution in [1.82, 2.24) is 9.29 Å². The molecule has 5 rings (SSSR count). The van der Waals surface area contributed by atoms with E-state index in [0.29, 0.717) is 23.8 Å². The number of sulfonamides is 1. The summed E-state index contributed by atoms with van der Waals surface area (Å²) in [5, 5.41) is 5.60. The second-order valence-electron chi connectivity index (χ2n) is 7.95. The van der Waals surface area contributed by atoms with Crippen LogP contribution in [0.3, 0.4) is 0 Å². The van der Waals surface area contributed by atoms with Gasteiger partial charge in [-0.25, -0.2) is 13.4 Å². The second kappa shape index (κ2) is 8.61. The van der Waals surface area contributed by atoms with Crippen LogP contribution in [-0.2, 0) is 10.0 Å². The Morgan fingerprint density at radius 3 is 2.38 bits per heavy atom. The number of fused-ring (bicyclic) bond motifs is 3. The van der Waals surface area contributed by atoms with Crippen LogP contribution < -0.4 is 5.32 Å². The fraction of sp³-hybridized carbons (Fsp3) is 0.250. The van der Waals surface area contributed by atoms with Crippen molar-refractivity contribution in [3.05, 3.63) is 66.2 Å². The quantitative estimate of drug-likeness (QED) is 0.445. The highest BCUT2D eigenvalue weighted by molar-refractivity contribution is 7.89. The van der Waals surface area contributed by atoms with E-state index in [1.165, 1.54) is 23.5 Å². The average molecular weight is 466 g/mol. The molecule has 0 bridgehead atoms. The molecule has 1 aliphatic heterocycles. The third kappa shape index (κ3) is 4.01. The van der Waals surface area contributed by atoms with E-state index >= 15 is 0 Å². The fourth-order valence-electron chi connectivity index (χ4n) is 4.09. The van der Waals surface area contributed by atoms with E-state index in [4.69, 9.17) is 0 Å². The lowest BCUT2D eigenvalue weighted by Gasteiger charge is -2.20. The van der Waals surface area contributed by atoms with Crippen molar-refractivity contribution in [3.63, 3.8) is 0 Å². The lowest BCUT2D eigenvalue weighted by Crippen LogP contribution is -2.31. The molecule has 0 aliphatic carbocycles. The molecule has 0 atom stereocenters. The van der Waals surface area contributed by atoms with Crippen molar-refractivity contribution in [2.75, 3.05) is 18.4 Å². The van der Waals surface area contributed by atoms with Crippen LogP contribution in [0, 0.1) is 0 Å². The van der Waals surface area contributed by atoms with Gasteiger partial charge in [0.05, 0.1) is 15.1 Å². The number of rotatable bonds is 4. The molecule has 6 nitrogen and oxygen atoms in total. The summed E-state index contributed by atoms with van der Waals surface area (Å²) in [6.07, 6.45) is 3.90. The topological polar surface area (TPSA) is 79.4 Å². The monoisotopic (exact) mass is 465 g/mol. The van der Waals surface area contributed by atoms with Crippen LogP contribution in [-0.4, -0.2) is 36.7 Å². The number of benzene rings is 3. The molecule has 164 valence electrons. The molecule has 0 radical (unpaired) electrons. The second-order valence-corrected chi connectivity index (χ2v) is 10.9. The summed E-state index contributed by atoms with van der Waals surface area (Å²) < 4.78 is 28.5. The van der Waals surface area contributed by atoms with Gasteiger partial charge in [-0.15, -0.1) is 0 Å². The number of nitrogens with zero attached hydrogens (tertiary/aromatic N) is 2. The van der Waals surface area contributed by atoms with Crippen LogP contribution in [0.15, 0.2) is 65.6 Å². The normalized spacial score (nSPS) is 15.6. The molecule has 1 fully saturated rings. The number of amides is 1. The van der Waals surface area contributed by atoms with Gasteiger partial charge in [0.25, 0.3) is 5.91 Å². The highest BCUT2D eigenvalue weighted by atomic mass is 32.2. The number of carbonyl (C=O) groups excluding carboxylic acids is 1. The van der Waals surface area contributed by atoms with E-state index in [0.717, 1.165) is 46.7 Å². The van der Waals surface area contributed by atoms with Crippen LogP contribution in [0.25, 0.3) is 21.0 Å². The van der Waals surface area contributed by atoms with Crippen molar-refractivity contribution in [2.45, 2.75) is 30.6 Å². The summed E-state index contributed by atoms with van der Waals surface area (Å²) in [4.78, 5) is 17.5. The Labute approximate surface area is 190 Å². The number of aromatic nitrogens is 1. The molecule has 0 spiro atoms. The van der Waals surface area contributed by atoms with Crippen molar-refractivity contribution in [1.29, 1.82) is 0 Å². The molecule has 3 aromatic carbocycles. The third-order valence-corrected chi connectivity index (χ3v) is 8.75. The maximum Gasteiger partial charge on any atom is 0.257 e. The molecule has 32 heavy (non-hydrogen) atoms. The van der Waals surface area contributed by atoms with E-state index in [1.807, 2.05) is 36.4 Å². The highest BCUT2D eigenvalue weighted by Gasteiger charge is 2.25. The van der Waals surface area contributed by atoms with E-state index in [9.17, 15) is 13.2 Å². The molecule has 1 aliphatic rings. The molecule has 4 aromatic rings. The molecule has 8 heteroatoms. The molecular formula is C24H23N3O3S2. The summed E-state index contributed by atoms with van der Waals surface area (Å²) in [5.41, 5.74) is 1.23. The minimum absolute atomic E-state index is 0.224. The minimum atomic E-state index is -3.53. The van der Waals surface area contributed by atoms with Gasteiger partial charge in [-0.3, -0.25) is 10.1 Å². The fourth-order valence-corrected chi connectivity index (χ4v) is 6.60. The van der Waals surface area contributed by atoms with E-state index in [-0.39, 0.29) is 10.8 Å². The highest BCUT2D eigenvalue weighted by Crippen LogP contribution is 2.33. The molecule has 1 saturated heterocycles. The number of carbonyl (C=O) groups is 1. The lowest BCUT2D eigenvalue weighted by molar-refractivity contribution is 0.102. The Bertz CT molecular complexity index is 1390. The summed E-state index contributed by atoms with van der Waals surface area (Å²) in [6, 6.07) is 18.2. The van der Waals surface area contributed by atoms with Crippen molar-refractivity contribution >= 4 is 53.4 Å². The number of hydrogen-bond donors (Lipinski definition) is 1. The first kappa shape index (κ1) is 21.1. The Kier molecular flexibility index (Phi) is 5.67. The van der Waals surface area contributed by atoms with Gasteiger partial charge in [0.15, 0.2) is 5.13 Å². The zero-order valence-corrected chi connectivity index (χ0v) is 19.1. The largest absolute Gasteiger partial charge is 0.298 e. The van der Waals surface area contributed by atoms with Gasteiger partial charge in [0.2, 0.25) is 10.0 Å². The third-order valence-electron chi connectivity index (χ3n) is 5.82. The van der Waals surface area contributed by atoms with Crippen molar-refractivity contribution in [3.8, 4) is 0 Å². The summed E-state index contributed by atoms with van der Waals surface area (Å²) in [7, 11) is -3.53. The summed E-state index contributed by atoms with van der Waals surface area (Å²) in [6.45, 7) is 1.10. The molecule has 1 aromatic heterocycles. The zero-order valence-electron chi connectivity index (χ0n) is 17.5. The van der Waals surface area contributed by atoms with Gasteiger partial charge in [-0.2, -0.15) is 4.31 Å². The molecule has 2 heterocycles. The van der Waals surface area contributed by atoms with Gasteiger partial charge in [-0.05, 0) is 48.6 Å². The van der Waals surface area contributed by atoms with E-state index in [2.05, 4.69) is 10.3 Å². The predicted octanol–water partition coefficient (Wildman–Crippen LogP) is 5.27. The Hall–Kier alpha value is -2.81. The average Bonchev–Trinajstić information content (AvgIpc) is 3.02. The first-order chi connectivity index (χ1) is 15.5. The lowest BCUT2D eigenvalue weighted by atomic mass is 10.1. The predicted molar refractivity (Wildman–Crippen MR) is 129 cm³/mol. The van der Waals surface area contributed by atoms with Crippen molar-refractivity contribution < 1.29 is 13.2 Å². The molecule has 0 saturated carbocycles. The van der Waals surface area contributed by atoms with Crippen LogP contribution >= 0.6 is 11.3 Å². The van der Waals surface area contributed by atoms with Crippen LogP contribution in [0.1, 0.15) is 36.0 Å². The van der Waals surface area contributed by atoms with Gasteiger partial charge in [0, 0.05) is 24.0 Å². The Morgan fingerprint density at radius 1 is 0.906 bits per heavy atom. The number of anilines is 1. The van der Waals surface area contributed by atoms with Crippen LogP contribution in [0.2, 0.25) is 0 Å². The van der Waals surface area contributed by atoms with Crippen LogP contribution in [0.5, 0.6) is 0 Å². The first-order valence-electron chi connectivity index (χ1n) is 10.7. The molecular weight excluding hydrogens is 442 g/mol. The number of hydrogen-bond acceptors (Lipinski definition) is 5. The van der Waals surface area contributed by atoms with Gasteiger partial charge in [-0.1, -0.05) is 54.5 Å². The summed E-state index contributed by atoms with van der Waals surface area (Å²) >= 11 is 1.43. The van der Waals surface area contributed by atoms with Gasteiger partial charge < -0.3 is 0 Å². The van der Waals surface area contributed by atoms with Gasteiger partial charge >= 0.3 is 0 Å². The molecule has 1 N–H and O–H groups in total. The number of thiazole rings is 1. The van der Waals surface area contributed by atoms with E-state index < -0.39 is 10.0 Å². The SMILES string of the molecule is O=C(Nc1nc2ccc3ccccc3c2s1)c1ccc(S(=O)(=O)N2CCCCCC2)cc1.